The number of nitriles is 1. The number of likely N-dealkylation sites (tertiary alicyclic amines) is 1. The van der Waals surface area contributed by atoms with Gasteiger partial charge in [0.1, 0.15) is 11.9 Å². The highest BCUT2D eigenvalue weighted by molar-refractivity contribution is 6.07. The Morgan fingerprint density at radius 3 is 2.81 bits per heavy atom. The van der Waals surface area contributed by atoms with Gasteiger partial charge in [-0.05, 0) is 18.2 Å². The van der Waals surface area contributed by atoms with Gasteiger partial charge in [-0.3, -0.25) is 14.4 Å². The zero-order valence-corrected chi connectivity index (χ0v) is 13.8. The van der Waals surface area contributed by atoms with Crippen LogP contribution in [0.15, 0.2) is 29.2 Å². The predicted octanol–water partition coefficient (Wildman–Crippen LogP) is 1.16. The summed E-state index contributed by atoms with van der Waals surface area (Å²) in [6.07, 6.45) is 0.318. The second kappa shape index (κ2) is 6.75. The molecule has 1 aliphatic heterocycles. The quantitative estimate of drug-likeness (QED) is 0.836. The Labute approximate surface area is 150 Å². The predicted molar refractivity (Wildman–Crippen MR) is 87.5 cm³/mol. The third kappa shape index (κ3) is 3.62. The Kier molecular flexibility index (Phi) is 4.61. The molecular weight excluding hydrogens is 365 g/mol. The molecule has 7 nitrogen and oxygen atoms in total. The fraction of sp³-hybridized carbons (Fsp3) is 0.294. The molecule has 27 heavy (non-hydrogen) atoms. The number of aromatic amines is 1. The van der Waals surface area contributed by atoms with Crippen molar-refractivity contribution >= 4 is 22.6 Å². The second-order valence-electron chi connectivity index (χ2n) is 6.13. The number of halogens is 3. The number of pyridine rings is 1. The molecule has 1 atom stereocenters. The molecule has 0 saturated carbocycles. The Bertz CT molecular complexity index is 1030. The van der Waals surface area contributed by atoms with Gasteiger partial charge < -0.3 is 15.2 Å². The summed E-state index contributed by atoms with van der Waals surface area (Å²) in [5, 5.41) is 11.3. The van der Waals surface area contributed by atoms with Gasteiger partial charge in [-0.2, -0.15) is 5.26 Å². The van der Waals surface area contributed by atoms with Crippen LogP contribution >= 0.6 is 0 Å². The van der Waals surface area contributed by atoms with E-state index < -0.39 is 54.7 Å². The lowest BCUT2D eigenvalue weighted by Crippen LogP contribution is -2.43. The number of fused-ring (bicyclic) bond motifs is 1. The highest BCUT2D eigenvalue weighted by atomic mass is 19.3. The molecule has 2 aromatic rings. The molecule has 1 aromatic heterocycles. The summed E-state index contributed by atoms with van der Waals surface area (Å²) in [5.41, 5.74) is -0.603. The second-order valence-corrected chi connectivity index (χ2v) is 6.13. The zero-order chi connectivity index (χ0) is 19.8. The molecule has 0 aliphatic carbocycles. The topological polar surface area (TPSA) is 106 Å². The van der Waals surface area contributed by atoms with Gasteiger partial charge in [-0.25, -0.2) is 13.2 Å². The first-order valence-electron chi connectivity index (χ1n) is 7.88. The van der Waals surface area contributed by atoms with Crippen molar-refractivity contribution < 1.29 is 22.8 Å². The maximum absolute atomic E-state index is 13.5. The molecule has 1 fully saturated rings. The number of H-pyrrole nitrogens is 1. The molecule has 10 heteroatoms. The fourth-order valence-corrected chi connectivity index (χ4v) is 2.97. The highest BCUT2D eigenvalue weighted by Crippen LogP contribution is 2.31. The van der Waals surface area contributed by atoms with Crippen LogP contribution < -0.4 is 10.9 Å². The van der Waals surface area contributed by atoms with E-state index in [9.17, 15) is 27.6 Å². The normalized spacial score (nSPS) is 18.3. The average Bonchev–Trinajstić information content (AvgIpc) is 2.94. The first kappa shape index (κ1) is 18.4. The smallest absolute Gasteiger partial charge is 0.268 e. The minimum absolute atomic E-state index is 0.0475. The number of nitrogens with one attached hydrogen (secondary N) is 2. The number of nitrogens with zero attached hydrogens (tertiary/aromatic N) is 2. The van der Waals surface area contributed by atoms with Crippen molar-refractivity contribution in [1.29, 1.82) is 5.26 Å². The lowest BCUT2D eigenvalue weighted by molar-refractivity contribution is -0.131. The third-order valence-electron chi connectivity index (χ3n) is 4.25. The molecule has 2 heterocycles. The van der Waals surface area contributed by atoms with Gasteiger partial charge in [0.15, 0.2) is 0 Å². The van der Waals surface area contributed by atoms with E-state index in [4.69, 9.17) is 5.26 Å². The van der Waals surface area contributed by atoms with E-state index in [0.717, 1.165) is 18.3 Å². The number of aromatic nitrogens is 1. The molecule has 1 saturated heterocycles. The van der Waals surface area contributed by atoms with Crippen LogP contribution in [0, 0.1) is 17.1 Å². The lowest BCUT2D eigenvalue weighted by Gasteiger charge is -2.19. The van der Waals surface area contributed by atoms with Crippen LogP contribution in [0.5, 0.6) is 0 Å². The summed E-state index contributed by atoms with van der Waals surface area (Å²) in [6.45, 7) is -1.52. The maximum atomic E-state index is 13.5. The molecule has 2 N–H and O–H groups in total. The van der Waals surface area contributed by atoms with E-state index >= 15 is 0 Å². The molecule has 140 valence electrons. The van der Waals surface area contributed by atoms with E-state index in [2.05, 4.69) is 10.3 Å². The van der Waals surface area contributed by atoms with Crippen LogP contribution in [0.2, 0.25) is 0 Å². The van der Waals surface area contributed by atoms with E-state index in [1.54, 1.807) is 6.07 Å². The van der Waals surface area contributed by atoms with Crippen molar-refractivity contribution in [3.05, 3.63) is 46.1 Å². The van der Waals surface area contributed by atoms with E-state index in [-0.39, 0.29) is 16.3 Å². The number of amides is 2. The summed E-state index contributed by atoms with van der Waals surface area (Å²) < 4.78 is 40.3. The standard InChI is InChI=1S/C17H13F3N4O3/c18-9-1-2-11-12(3-9)13(6-22-15(11)26)16(27)23-7-14(25)24-8-17(19,20)4-10(24)5-21/h1-3,6,10H,4,7-8H2,(H,22,26)(H,23,27). The average molecular weight is 378 g/mol. The highest BCUT2D eigenvalue weighted by Gasteiger charge is 2.47. The largest absolute Gasteiger partial charge is 0.343 e. The Balaban J connectivity index is 1.77. The van der Waals surface area contributed by atoms with Crippen molar-refractivity contribution in [2.75, 3.05) is 13.1 Å². The number of carbonyl (C=O) groups excluding carboxylic acids is 2. The van der Waals surface area contributed by atoms with Crippen molar-refractivity contribution in [3.63, 3.8) is 0 Å². The van der Waals surface area contributed by atoms with Gasteiger partial charge in [0.25, 0.3) is 17.4 Å². The molecule has 1 aliphatic rings. The first-order valence-corrected chi connectivity index (χ1v) is 7.88. The van der Waals surface area contributed by atoms with Gasteiger partial charge in [0.2, 0.25) is 5.91 Å². The van der Waals surface area contributed by atoms with Crippen molar-refractivity contribution in [1.82, 2.24) is 15.2 Å². The molecule has 0 bridgehead atoms. The number of carbonyl (C=O) groups is 2. The summed E-state index contributed by atoms with van der Waals surface area (Å²) in [6, 6.07) is 3.66. The minimum Gasteiger partial charge on any atom is -0.343 e. The third-order valence-corrected chi connectivity index (χ3v) is 4.25. The van der Waals surface area contributed by atoms with E-state index in [1.807, 2.05) is 0 Å². The Morgan fingerprint density at radius 2 is 2.11 bits per heavy atom. The van der Waals surface area contributed by atoms with Gasteiger partial charge in [0, 0.05) is 23.4 Å². The Hall–Kier alpha value is -3.35. The molecule has 1 aromatic carbocycles. The molecule has 3 rings (SSSR count). The van der Waals surface area contributed by atoms with Crippen molar-refractivity contribution in [2.45, 2.75) is 18.4 Å². The zero-order valence-electron chi connectivity index (χ0n) is 13.8. The minimum atomic E-state index is -3.16. The summed E-state index contributed by atoms with van der Waals surface area (Å²) in [4.78, 5) is 39.3. The van der Waals surface area contributed by atoms with E-state index in [1.165, 1.54) is 6.07 Å². The summed E-state index contributed by atoms with van der Waals surface area (Å²) >= 11 is 0. The molecule has 0 spiro atoms. The maximum Gasteiger partial charge on any atom is 0.268 e. The first-order chi connectivity index (χ1) is 12.7. The van der Waals surface area contributed by atoms with Crippen LogP contribution in [0.1, 0.15) is 16.8 Å². The van der Waals surface area contributed by atoms with E-state index in [0.29, 0.717) is 4.90 Å². The van der Waals surface area contributed by atoms with Crippen LogP contribution in [-0.2, 0) is 4.79 Å². The van der Waals surface area contributed by atoms with Gasteiger partial charge in [-0.1, -0.05) is 0 Å². The number of rotatable bonds is 3. The van der Waals surface area contributed by atoms with Crippen LogP contribution in [-0.4, -0.2) is 46.8 Å². The fourth-order valence-electron chi connectivity index (χ4n) is 2.97. The SMILES string of the molecule is N#CC1CC(F)(F)CN1C(=O)CNC(=O)c1c[nH]c(=O)c2ccc(F)cc12. The van der Waals surface area contributed by atoms with Gasteiger partial charge in [-0.15, -0.1) is 0 Å². The summed E-state index contributed by atoms with van der Waals surface area (Å²) in [5.74, 6) is -5.46. The molecular formula is C17H13F3N4O3. The van der Waals surface area contributed by atoms with Crippen molar-refractivity contribution in [3.8, 4) is 6.07 Å². The molecule has 1 unspecified atom stereocenters. The number of hydrogen-bond acceptors (Lipinski definition) is 4. The summed E-state index contributed by atoms with van der Waals surface area (Å²) in [7, 11) is 0. The van der Waals surface area contributed by atoms with Crippen LogP contribution in [0.4, 0.5) is 13.2 Å². The van der Waals surface area contributed by atoms with Crippen LogP contribution in [0.3, 0.4) is 0 Å². The van der Waals surface area contributed by atoms with Gasteiger partial charge in [0.05, 0.1) is 24.7 Å². The van der Waals surface area contributed by atoms with Crippen LogP contribution in [0.25, 0.3) is 10.8 Å². The van der Waals surface area contributed by atoms with Gasteiger partial charge >= 0.3 is 0 Å². The number of hydrogen-bond donors (Lipinski definition) is 2. The van der Waals surface area contributed by atoms with Crippen molar-refractivity contribution in [2.24, 2.45) is 0 Å². The monoisotopic (exact) mass is 378 g/mol. The molecule has 2 amide bonds. The lowest BCUT2D eigenvalue weighted by atomic mass is 10.1. The number of alkyl halides is 2. The molecule has 0 radical (unpaired) electrons. The Morgan fingerprint density at radius 1 is 1.37 bits per heavy atom. The number of benzene rings is 1.